The summed E-state index contributed by atoms with van der Waals surface area (Å²) in [5.41, 5.74) is 5.57. The lowest BCUT2D eigenvalue weighted by molar-refractivity contribution is -0.136. The van der Waals surface area contributed by atoms with E-state index in [4.69, 9.17) is 22.7 Å². The minimum absolute atomic E-state index is 0.0217. The second-order valence-corrected chi connectivity index (χ2v) is 3.99. The lowest BCUT2D eigenvalue weighted by Gasteiger charge is -2.32. The third-order valence-corrected chi connectivity index (χ3v) is 2.78. The smallest absolute Gasteiger partial charge is 0.248 e. The normalized spacial score (nSPS) is 22.1. The van der Waals surface area contributed by atoms with Crippen LogP contribution in [0.25, 0.3) is 0 Å². The summed E-state index contributed by atoms with van der Waals surface area (Å²) < 4.78 is 4.80. The van der Waals surface area contributed by atoms with E-state index in [-0.39, 0.29) is 18.4 Å². The topological polar surface area (TPSA) is 55.6 Å². The van der Waals surface area contributed by atoms with Gasteiger partial charge in [0, 0.05) is 26.1 Å². The Kier molecular flexibility index (Phi) is 4.28. The highest BCUT2D eigenvalue weighted by Crippen LogP contribution is 2.16. The Hall–Kier alpha value is -0.680. The first-order chi connectivity index (χ1) is 6.65. The number of likely N-dealkylation sites (tertiary alicyclic amines) is 1. The van der Waals surface area contributed by atoms with Crippen molar-refractivity contribution in [1.29, 1.82) is 0 Å². The summed E-state index contributed by atoms with van der Waals surface area (Å²) in [7, 11) is 1.52. The molecule has 0 bridgehead atoms. The number of carbonyl (C=O) groups excluding carboxylic acids is 1. The molecular weight excluding hydrogens is 200 g/mol. The van der Waals surface area contributed by atoms with Gasteiger partial charge in [0.2, 0.25) is 5.91 Å². The number of rotatable bonds is 3. The standard InChI is InChI=1S/C9H16N2O2S/c1-13-6-8(12)11-4-2-3-7(5-11)9(10)14/h7H,2-6H2,1H3,(H2,10,14). The van der Waals surface area contributed by atoms with Crippen LogP contribution in [-0.4, -0.2) is 42.6 Å². The summed E-state index contributed by atoms with van der Waals surface area (Å²) in [5, 5.41) is 0. The van der Waals surface area contributed by atoms with Crippen LogP contribution in [0.1, 0.15) is 12.8 Å². The Bertz CT molecular complexity index is 233. The van der Waals surface area contributed by atoms with E-state index in [1.807, 2.05) is 0 Å². The maximum absolute atomic E-state index is 11.5. The Balaban J connectivity index is 2.47. The molecule has 1 aliphatic heterocycles. The van der Waals surface area contributed by atoms with Crippen LogP contribution in [0.2, 0.25) is 0 Å². The molecule has 0 saturated carbocycles. The summed E-state index contributed by atoms with van der Waals surface area (Å²) in [4.78, 5) is 13.8. The maximum Gasteiger partial charge on any atom is 0.248 e. The van der Waals surface area contributed by atoms with Gasteiger partial charge in [-0.05, 0) is 12.8 Å². The van der Waals surface area contributed by atoms with Crippen molar-refractivity contribution >= 4 is 23.1 Å². The van der Waals surface area contributed by atoms with Crippen molar-refractivity contribution in [2.24, 2.45) is 11.7 Å². The van der Waals surface area contributed by atoms with Crippen LogP contribution in [0.5, 0.6) is 0 Å². The molecule has 5 heteroatoms. The second-order valence-electron chi connectivity index (χ2n) is 3.51. The molecule has 1 fully saturated rings. The van der Waals surface area contributed by atoms with Crippen molar-refractivity contribution in [2.75, 3.05) is 26.8 Å². The molecule has 1 heterocycles. The van der Waals surface area contributed by atoms with E-state index in [9.17, 15) is 4.79 Å². The lowest BCUT2D eigenvalue weighted by atomic mass is 9.98. The molecule has 1 rings (SSSR count). The molecule has 14 heavy (non-hydrogen) atoms. The van der Waals surface area contributed by atoms with Gasteiger partial charge in [0.25, 0.3) is 0 Å². The van der Waals surface area contributed by atoms with Gasteiger partial charge in [-0.3, -0.25) is 4.79 Å². The summed E-state index contributed by atoms with van der Waals surface area (Å²) in [6, 6.07) is 0. The van der Waals surface area contributed by atoms with Crippen molar-refractivity contribution in [3.05, 3.63) is 0 Å². The number of nitrogens with zero attached hydrogens (tertiary/aromatic N) is 1. The van der Waals surface area contributed by atoms with E-state index >= 15 is 0 Å². The highest BCUT2D eigenvalue weighted by molar-refractivity contribution is 7.80. The van der Waals surface area contributed by atoms with Gasteiger partial charge in [0.1, 0.15) is 6.61 Å². The molecule has 0 aromatic carbocycles. The molecule has 1 saturated heterocycles. The van der Waals surface area contributed by atoms with E-state index in [0.29, 0.717) is 11.5 Å². The number of nitrogens with two attached hydrogens (primary N) is 1. The van der Waals surface area contributed by atoms with Crippen LogP contribution < -0.4 is 5.73 Å². The molecule has 80 valence electrons. The predicted octanol–water partition coefficient (Wildman–Crippen LogP) is 0.158. The molecule has 0 aliphatic carbocycles. The molecule has 0 aromatic rings. The Morgan fingerprint density at radius 1 is 1.71 bits per heavy atom. The molecule has 1 atom stereocenters. The Morgan fingerprint density at radius 2 is 2.43 bits per heavy atom. The van der Waals surface area contributed by atoms with Crippen molar-refractivity contribution in [2.45, 2.75) is 12.8 Å². The van der Waals surface area contributed by atoms with Crippen LogP contribution >= 0.6 is 12.2 Å². The molecule has 1 amide bonds. The number of thiocarbonyl (C=S) groups is 1. The second kappa shape index (κ2) is 5.26. The Labute approximate surface area is 89.4 Å². The number of piperidine rings is 1. The maximum atomic E-state index is 11.5. The molecule has 2 N–H and O–H groups in total. The number of hydrogen-bond acceptors (Lipinski definition) is 3. The third kappa shape index (κ3) is 2.92. The number of methoxy groups -OCH3 is 1. The average molecular weight is 216 g/mol. The zero-order valence-corrected chi connectivity index (χ0v) is 9.18. The van der Waals surface area contributed by atoms with Gasteiger partial charge in [-0.2, -0.15) is 0 Å². The molecule has 1 aliphatic rings. The van der Waals surface area contributed by atoms with E-state index < -0.39 is 0 Å². The SMILES string of the molecule is COCC(=O)N1CCCC(C(N)=S)C1. The van der Waals surface area contributed by atoms with Crippen LogP contribution in [0.4, 0.5) is 0 Å². The van der Waals surface area contributed by atoms with E-state index in [1.54, 1.807) is 4.90 Å². The molecule has 1 unspecified atom stereocenters. The third-order valence-electron chi connectivity index (χ3n) is 2.44. The fraction of sp³-hybridized carbons (Fsp3) is 0.778. The van der Waals surface area contributed by atoms with Crippen molar-refractivity contribution in [3.8, 4) is 0 Å². The van der Waals surface area contributed by atoms with Gasteiger partial charge in [-0.1, -0.05) is 12.2 Å². The fourth-order valence-corrected chi connectivity index (χ4v) is 1.84. The van der Waals surface area contributed by atoms with Crippen molar-refractivity contribution in [1.82, 2.24) is 4.90 Å². The average Bonchev–Trinajstić information content (AvgIpc) is 2.18. The van der Waals surface area contributed by atoms with Crippen molar-refractivity contribution < 1.29 is 9.53 Å². The van der Waals surface area contributed by atoms with E-state index in [1.165, 1.54) is 7.11 Å². The van der Waals surface area contributed by atoms with Gasteiger partial charge >= 0.3 is 0 Å². The number of amides is 1. The minimum atomic E-state index is 0.0217. The number of ether oxygens (including phenoxy) is 1. The van der Waals surface area contributed by atoms with E-state index in [2.05, 4.69) is 0 Å². The molecule has 0 aromatic heterocycles. The van der Waals surface area contributed by atoms with E-state index in [0.717, 1.165) is 19.4 Å². The summed E-state index contributed by atoms with van der Waals surface area (Å²) >= 11 is 4.93. The number of hydrogen-bond donors (Lipinski definition) is 1. The van der Waals surface area contributed by atoms with Gasteiger partial charge in [-0.15, -0.1) is 0 Å². The van der Waals surface area contributed by atoms with Crippen LogP contribution in [0.3, 0.4) is 0 Å². The molecule has 0 spiro atoms. The van der Waals surface area contributed by atoms with Crippen LogP contribution in [-0.2, 0) is 9.53 Å². The van der Waals surface area contributed by atoms with Crippen LogP contribution in [0.15, 0.2) is 0 Å². The predicted molar refractivity (Wildman–Crippen MR) is 58.0 cm³/mol. The van der Waals surface area contributed by atoms with Gasteiger partial charge in [-0.25, -0.2) is 0 Å². The highest BCUT2D eigenvalue weighted by Gasteiger charge is 2.24. The minimum Gasteiger partial charge on any atom is -0.393 e. The first kappa shape index (κ1) is 11.4. The summed E-state index contributed by atoms with van der Waals surface area (Å²) in [6.45, 7) is 1.59. The first-order valence-corrected chi connectivity index (χ1v) is 5.12. The van der Waals surface area contributed by atoms with Crippen molar-refractivity contribution in [3.63, 3.8) is 0 Å². The first-order valence-electron chi connectivity index (χ1n) is 4.71. The van der Waals surface area contributed by atoms with Gasteiger partial charge in [0.05, 0.1) is 4.99 Å². The molecular formula is C9H16N2O2S. The quantitative estimate of drug-likeness (QED) is 0.683. The monoisotopic (exact) mass is 216 g/mol. The lowest BCUT2D eigenvalue weighted by Crippen LogP contribution is -2.44. The van der Waals surface area contributed by atoms with Gasteiger partial charge in [0.15, 0.2) is 0 Å². The molecule has 0 radical (unpaired) electrons. The summed E-state index contributed by atoms with van der Waals surface area (Å²) in [5.74, 6) is 0.202. The summed E-state index contributed by atoms with van der Waals surface area (Å²) in [6.07, 6.45) is 1.96. The zero-order valence-electron chi connectivity index (χ0n) is 8.36. The van der Waals surface area contributed by atoms with Crippen LogP contribution in [0, 0.1) is 5.92 Å². The zero-order chi connectivity index (χ0) is 10.6. The fourth-order valence-electron chi connectivity index (χ4n) is 1.65. The largest absolute Gasteiger partial charge is 0.393 e. The Morgan fingerprint density at radius 3 is 3.00 bits per heavy atom. The number of carbonyl (C=O) groups is 1. The van der Waals surface area contributed by atoms with Gasteiger partial charge < -0.3 is 15.4 Å². The molecule has 4 nitrogen and oxygen atoms in total. The highest BCUT2D eigenvalue weighted by atomic mass is 32.1.